The molecule has 0 amide bonds. The van der Waals surface area contributed by atoms with Crippen LogP contribution >= 0.6 is 0 Å². The molecule has 3 heterocycles. The second kappa shape index (κ2) is 11.4. The van der Waals surface area contributed by atoms with Crippen LogP contribution in [0.1, 0.15) is 17.2 Å². The highest BCUT2D eigenvalue weighted by Gasteiger charge is 2.19. The van der Waals surface area contributed by atoms with E-state index in [2.05, 4.69) is 49.9 Å². The molecule has 0 fully saturated rings. The van der Waals surface area contributed by atoms with Gasteiger partial charge in [-0.1, -0.05) is 78.9 Å². The molecule has 222 valence electrons. The fraction of sp³-hybridized carbons (Fsp3) is 0.0513. The number of hydrogen-bond acceptors (Lipinski definition) is 7. The van der Waals surface area contributed by atoms with Gasteiger partial charge in [0.15, 0.2) is 23.3 Å². The SMILES string of the molecule is Cc1nc(C)nc(-c2ccc3c(c2)c2ccccc2n3-c2cc(-c3nc(-c4ccccc4)nc(-c4ccccc4)n3)ccc2C#N)n1. The van der Waals surface area contributed by atoms with E-state index >= 15 is 0 Å². The minimum absolute atomic E-state index is 0.520. The number of rotatable bonds is 5. The van der Waals surface area contributed by atoms with E-state index < -0.39 is 0 Å². The molecule has 0 aliphatic carbocycles. The first kappa shape index (κ1) is 27.9. The molecule has 0 spiro atoms. The molecule has 0 N–H and O–H groups in total. The van der Waals surface area contributed by atoms with E-state index in [1.807, 2.05) is 111 Å². The predicted octanol–water partition coefficient (Wildman–Crippen LogP) is 8.31. The molecule has 8 aromatic rings. The van der Waals surface area contributed by atoms with E-state index in [-0.39, 0.29) is 0 Å². The molecule has 0 atom stereocenters. The van der Waals surface area contributed by atoms with Crippen molar-refractivity contribution in [3.8, 4) is 57.3 Å². The van der Waals surface area contributed by atoms with Crippen LogP contribution in [-0.4, -0.2) is 34.5 Å². The summed E-state index contributed by atoms with van der Waals surface area (Å²) in [6.07, 6.45) is 0. The van der Waals surface area contributed by atoms with Gasteiger partial charge in [0.2, 0.25) is 0 Å². The third-order valence-corrected chi connectivity index (χ3v) is 8.11. The molecule has 0 aliphatic rings. The zero-order valence-corrected chi connectivity index (χ0v) is 25.6. The van der Waals surface area contributed by atoms with Crippen LogP contribution in [0.3, 0.4) is 0 Å². The molecule has 0 saturated heterocycles. The van der Waals surface area contributed by atoms with Gasteiger partial charge in [-0.15, -0.1) is 0 Å². The molecule has 0 unspecified atom stereocenters. The van der Waals surface area contributed by atoms with Crippen molar-refractivity contribution in [2.75, 3.05) is 0 Å². The second-order valence-electron chi connectivity index (χ2n) is 11.2. The molecule has 8 heteroatoms. The molecule has 0 aliphatic heterocycles. The van der Waals surface area contributed by atoms with Crippen molar-refractivity contribution in [1.29, 1.82) is 5.26 Å². The lowest BCUT2D eigenvalue weighted by atomic mass is 10.1. The number of nitrogens with zero attached hydrogens (tertiary/aromatic N) is 8. The quantitative estimate of drug-likeness (QED) is 0.194. The summed E-state index contributed by atoms with van der Waals surface area (Å²) < 4.78 is 2.14. The summed E-state index contributed by atoms with van der Waals surface area (Å²) >= 11 is 0. The number of fused-ring (bicyclic) bond motifs is 3. The van der Waals surface area contributed by atoms with Crippen molar-refractivity contribution in [1.82, 2.24) is 34.5 Å². The van der Waals surface area contributed by atoms with Crippen LogP contribution in [0, 0.1) is 25.2 Å². The zero-order chi connectivity index (χ0) is 31.9. The lowest BCUT2D eigenvalue weighted by Gasteiger charge is -2.13. The molecular weight excluding hydrogens is 580 g/mol. The van der Waals surface area contributed by atoms with Crippen LogP contribution in [0.15, 0.2) is 121 Å². The third kappa shape index (κ3) is 5.06. The molecule has 0 radical (unpaired) electrons. The Kier molecular flexibility index (Phi) is 6.77. The first-order valence-electron chi connectivity index (χ1n) is 15.2. The molecule has 0 saturated carbocycles. The largest absolute Gasteiger partial charge is 0.308 e. The summed E-state index contributed by atoms with van der Waals surface area (Å²) in [5.74, 6) is 3.66. The Labute approximate surface area is 270 Å². The van der Waals surface area contributed by atoms with Gasteiger partial charge in [-0.3, -0.25) is 0 Å². The maximum atomic E-state index is 10.3. The molecule has 5 aromatic carbocycles. The Balaban J connectivity index is 1.34. The van der Waals surface area contributed by atoms with Gasteiger partial charge in [-0.2, -0.15) is 5.26 Å². The van der Waals surface area contributed by atoms with Crippen molar-refractivity contribution in [3.63, 3.8) is 0 Å². The van der Waals surface area contributed by atoms with Gasteiger partial charge in [0.1, 0.15) is 17.7 Å². The molecule has 3 aromatic heterocycles. The molecule has 0 bridgehead atoms. The topological polar surface area (TPSA) is 106 Å². The van der Waals surface area contributed by atoms with Crippen LogP contribution in [0.25, 0.3) is 73.0 Å². The zero-order valence-electron chi connectivity index (χ0n) is 25.6. The normalized spacial score (nSPS) is 11.2. The summed E-state index contributed by atoms with van der Waals surface area (Å²) in [4.78, 5) is 28.2. The molecule has 8 nitrogen and oxygen atoms in total. The summed E-state index contributed by atoms with van der Waals surface area (Å²) in [6.45, 7) is 3.74. The van der Waals surface area contributed by atoms with Crippen LogP contribution in [0.4, 0.5) is 0 Å². The van der Waals surface area contributed by atoms with Crippen LogP contribution in [0.5, 0.6) is 0 Å². The fourth-order valence-corrected chi connectivity index (χ4v) is 6.00. The van der Waals surface area contributed by atoms with Gasteiger partial charge in [0.05, 0.1) is 22.3 Å². The lowest BCUT2D eigenvalue weighted by molar-refractivity contribution is 0.929. The lowest BCUT2D eigenvalue weighted by Crippen LogP contribution is -2.02. The summed E-state index contributed by atoms with van der Waals surface area (Å²) in [5, 5.41) is 12.4. The van der Waals surface area contributed by atoms with Crippen molar-refractivity contribution in [2.24, 2.45) is 0 Å². The Morgan fingerprint density at radius 2 is 0.979 bits per heavy atom. The number of aromatic nitrogens is 7. The molecule has 8 rings (SSSR count). The molecule has 47 heavy (non-hydrogen) atoms. The standard InChI is InChI=1S/C39H26N8/c1-24-41-25(2)43-38(42-24)28-19-20-34-32(21-28)31-15-9-10-16-33(31)47(34)35-22-29(17-18-30(35)23-40)39-45-36(26-11-5-3-6-12-26)44-37(46-39)27-13-7-4-8-14-27/h3-22H,1-2H3. The van der Waals surface area contributed by atoms with E-state index in [9.17, 15) is 5.26 Å². The highest BCUT2D eigenvalue weighted by Crippen LogP contribution is 2.36. The minimum Gasteiger partial charge on any atom is -0.308 e. The van der Waals surface area contributed by atoms with Gasteiger partial charge < -0.3 is 4.57 Å². The van der Waals surface area contributed by atoms with Crippen molar-refractivity contribution >= 4 is 21.8 Å². The van der Waals surface area contributed by atoms with Gasteiger partial charge in [-0.05, 0) is 56.3 Å². The number of hydrogen-bond donors (Lipinski definition) is 0. The number of benzene rings is 5. The van der Waals surface area contributed by atoms with Gasteiger partial charge >= 0.3 is 0 Å². The van der Waals surface area contributed by atoms with E-state index in [1.54, 1.807) is 0 Å². The fourth-order valence-electron chi connectivity index (χ4n) is 6.00. The van der Waals surface area contributed by atoms with Gasteiger partial charge in [0, 0.05) is 33.0 Å². The highest BCUT2D eigenvalue weighted by atomic mass is 15.0. The average molecular weight is 607 g/mol. The van der Waals surface area contributed by atoms with Gasteiger partial charge in [-0.25, -0.2) is 29.9 Å². The third-order valence-electron chi connectivity index (χ3n) is 8.11. The smallest absolute Gasteiger partial charge is 0.164 e. The van der Waals surface area contributed by atoms with Crippen molar-refractivity contribution < 1.29 is 0 Å². The number of aryl methyl sites for hydroxylation is 2. The monoisotopic (exact) mass is 606 g/mol. The maximum absolute atomic E-state index is 10.3. The van der Waals surface area contributed by atoms with E-state index in [0.717, 1.165) is 49.7 Å². The average Bonchev–Trinajstić information content (AvgIpc) is 3.45. The Morgan fingerprint density at radius 3 is 1.62 bits per heavy atom. The Bertz CT molecular complexity index is 2420. The first-order chi connectivity index (χ1) is 23.1. The van der Waals surface area contributed by atoms with Crippen LogP contribution < -0.4 is 0 Å². The van der Waals surface area contributed by atoms with Gasteiger partial charge in [0.25, 0.3) is 0 Å². The summed E-state index contributed by atoms with van der Waals surface area (Å²) in [6, 6.07) is 42.3. The summed E-state index contributed by atoms with van der Waals surface area (Å²) in [5.41, 5.74) is 6.65. The van der Waals surface area contributed by atoms with Crippen LogP contribution in [-0.2, 0) is 0 Å². The predicted molar refractivity (Wildman–Crippen MR) is 183 cm³/mol. The number of para-hydroxylation sites is 1. The maximum Gasteiger partial charge on any atom is 0.164 e. The second-order valence-corrected chi connectivity index (χ2v) is 11.2. The van der Waals surface area contributed by atoms with Crippen LogP contribution in [0.2, 0.25) is 0 Å². The van der Waals surface area contributed by atoms with Crippen molar-refractivity contribution in [3.05, 3.63) is 139 Å². The molecular formula is C39H26N8. The Hall–Kier alpha value is -6.59. The highest BCUT2D eigenvalue weighted by molar-refractivity contribution is 6.10. The van der Waals surface area contributed by atoms with E-state index in [4.69, 9.17) is 15.0 Å². The van der Waals surface area contributed by atoms with E-state index in [1.165, 1.54) is 0 Å². The first-order valence-corrected chi connectivity index (χ1v) is 15.2. The minimum atomic E-state index is 0.520. The summed E-state index contributed by atoms with van der Waals surface area (Å²) in [7, 11) is 0. The van der Waals surface area contributed by atoms with E-state index in [0.29, 0.717) is 40.5 Å². The van der Waals surface area contributed by atoms with Crippen molar-refractivity contribution in [2.45, 2.75) is 13.8 Å². The number of nitriles is 1. The Morgan fingerprint density at radius 1 is 0.468 bits per heavy atom.